The maximum absolute atomic E-state index is 12.6. The second kappa shape index (κ2) is 8.99. The van der Waals surface area contributed by atoms with E-state index in [-0.39, 0.29) is 5.91 Å². The van der Waals surface area contributed by atoms with Gasteiger partial charge in [-0.15, -0.1) is 5.10 Å². The number of tetrazole rings is 1. The lowest BCUT2D eigenvalue weighted by molar-refractivity contribution is -0.124. The van der Waals surface area contributed by atoms with Gasteiger partial charge in [0.2, 0.25) is 5.91 Å². The first kappa shape index (κ1) is 17.1. The van der Waals surface area contributed by atoms with E-state index in [1.165, 1.54) is 11.0 Å². The number of carbonyl (C=O) groups is 1. The number of benzene rings is 1. The van der Waals surface area contributed by atoms with E-state index in [9.17, 15) is 4.79 Å². The number of hydrogen-bond donors (Lipinski definition) is 1. The Morgan fingerprint density at radius 3 is 2.61 bits per heavy atom. The van der Waals surface area contributed by atoms with Gasteiger partial charge in [-0.1, -0.05) is 44.2 Å². The second-order valence-electron chi connectivity index (χ2n) is 5.31. The lowest BCUT2D eigenvalue weighted by atomic mass is 10.1. The van der Waals surface area contributed by atoms with E-state index >= 15 is 0 Å². The van der Waals surface area contributed by atoms with Crippen molar-refractivity contribution in [3.8, 4) is 0 Å². The number of nitrogens with zero attached hydrogens (tertiary/aromatic N) is 5. The molecule has 7 heteroatoms. The van der Waals surface area contributed by atoms with Crippen LogP contribution in [0.4, 0.5) is 0 Å². The highest BCUT2D eigenvalue weighted by atomic mass is 16.2. The summed E-state index contributed by atoms with van der Waals surface area (Å²) in [5, 5.41) is 14.2. The zero-order chi connectivity index (χ0) is 16.5. The van der Waals surface area contributed by atoms with E-state index in [2.05, 4.69) is 39.6 Å². The Morgan fingerprint density at radius 2 is 2.00 bits per heavy atom. The summed E-state index contributed by atoms with van der Waals surface area (Å²) in [7, 11) is 0. The fourth-order valence-corrected chi connectivity index (χ4v) is 2.45. The summed E-state index contributed by atoms with van der Waals surface area (Å²) in [4.78, 5) is 14.8. The van der Waals surface area contributed by atoms with E-state index in [0.29, 0.717) is 13.0 Å². The van der Waals surface area contributed by atoms with E-state index in [1.54, 1.807) is 0 Å². The van der Waals surface area contributed by atoms with Crippen LogP contribution >= 0.6 is 0 Å². The van der Waals surface area contributed by atoms with Gasteiger partial charge in [0.15, 0.2) is 0 Å². The largest absolute Gasteiger partial charge is 0.353 e. The van der Waals surface area contributed by atoms with Gasteiger partial charge in [0.05, 0.1) is 0 Å². The molecule has 0 aliphatic heterocycles. The first-order valence-corrected chi connectivity index (χ1v) is 8.01. The topological polar surface area (TPSA) is 75.9 Å². The van der Waals surface area contributed by atoms with Gasteiger partial charge in [-0.2, -0.15) is 0 Å². The molecule has 0 fully saturated rings. The van der Waals surface area contributed by atoms with Crippen molar-refractivity contribution in [2.45, 2.75) is 26.3 Å². The van der Waals surface area contributed by atoms with Crippen molar-refractivity contribution >= 4 is 5.91 Å². The lowest BCUT2D eigenvalue weighted by Crippen LogP contribution is -2.39. The van der Waals surface area contributed by atoms with Crippen molar-refractivity contribution in [3.05, 3.63) is 42.2 Å². The van der Waals surface area contributed by atoms with Gasteiger partial charge < -0.3 is 10.2 Å². The molecule has 23 heavy (non-hydrogen) atoms. The van der Waals surface area contributed by atoms with Gasteiger partial charge >= 0.3 is 0 Å². The van der Waals surface area contributed by atoms with E-state index < -0.39 is 6.04 Å². The van der Waals surface area contributed by atoms with Crippen molar-refractivity contribution < 1.29 is 4.79 Å². The number of nitrogens with one attached hydrogen (secondary N) is 1. The number of amides is 1. The van der Waals surface area contributed by atoms with E-state index in [1.807, 2.05) is 30.3 Å². The molecule has 0 aliphatic carbocycles. The zero-order valence-electron chi connectivity index (χ0n) is 13.7. The SMILES string of the molecule is CCN(CC)CCNC(=O)C(Cc1ccccc1)n1cnnn1. The zero-order valence-corrected chi connectivity index (χ0v) is 13.7. The van der Waals surface area contributed by atoms with Gasteiger partial charge in [-0.25, -0.2) is 4.68 Å². The van der Waals surface area contributed by atoms with Crippen LogP contribution in [-0.4, -0.2) is 57.2 Å². The third-order valence-electron chi connectivity index (χ3n) is 3.88. The van der Waals surface area contributed by atoms with Crippen LogP contribution in [0.1, 0.15) is 25.5 Å². The number of carbonyl (C=O) groups excluding carboxylic acids is 1. The first-order valence-electron chi connectivity index (χ1n) is 8.01. The second-order valence-corrected chi connectivity index (χ2v) is 5.31. The standard InChI is InChI=1S/C16H24N6O/c1-3-21(4-2)11-10-17-16(23)15(22-13-18-19-20-22)12-14-8-6-5-7-9-14/h5-9,13,15H,3-4,10-12H2,1-2H3,(H,17,23). The molecular weight excluding hydrogens is 292 g/mol. The van der Waals surface area contributed by atoms with Gasteiger partial charge in [0, 0.05) is 19.5 Å². The summed E-state index contributed by atoms with van der Waals surface area (Å²) >= 11 is 0. The Bertz CT molecular complexity index is 568. The Hall–Kier alpha value is -2.28. The molecule has 1 atom stereocenters. The van der Waals surface area contributed by atoms with Crippen molar-refractivity contribution in [1.29, 1.82) is 0 Å². The monoisotopic (exact) mass is 316 g/mol. The summed E-state index contributed by atoms with van der Waals surface area (Å²) in [6.07, 6.45) is 2.04. The highest BCUT2D eigenvalue weighted by Crippen LogP contribution is 2.13. The van der Waals surface area contributed by atoms with Gasteiger partial charge in [0.25, 0.3) is 0 Å². The Morgan fingerprint density at radius 1 is 1.26 bits per heavy atom. The van der Waals surface area contributed by atoms with Gasteiger partial charge in [-0.05, 0) is 29.1 Å². The molecule has 1 unspecified atom stereocenters. The number of aromatic nitrogens is 4. The Labute approximate surface area is 136 Å². The van der Waals surface area contributed by atoms with Crippen LogP contribution in [0.5, 0.6) is 0 Å². The molecular formula is C16H24N6O. The minimum Gasteiger partial charge on any atom is -0.353 e. The maximum Gasteiger partial charge on any atom is 0.245 e. The summed E-state index contributed by atoms with van der Waals surface area (Å²) in [6.45, 7) is 7.65. The van der Waals surface area contributed by atoms with Crippen molar-refractivity contribution in [3.63, 3.8) is 0 Å². The molecule has 124 valence electrons. The van der Waals surface area contributed by atoms with Crippen LogP contribution < -0.4 is 5.32 Å². The minimum atomic E-state index is -0.441. The van der Waals surface area contributed by atoms with E-state index in [0.717, 1.165) is 25.2 Å². The molecule has 1 aromatic heterocycles. The van der Waals surface area contributed by atoms with Crippen molar-refractivity contribution in [2.75, 3.05) is 26.2 Å². The molecule has 1 heterocycles. The van der Waals surface area contributed by atoms with Crippen LogP contribution in [0, 0.1) is 0 Å². The highest BCUT2D eigenvalue weighted by molar-refractivity contribution is 5.80. The Kier molecular flexibility index (Phi) is 6.68. The number of hydrogen-bond acceptors (Lipinski definition) is 5. The molecule has 1 aromatic carbocycles. The van der Waals surface area contributed by atoms with E-state index in [4.69, 9.17) is 0 Å². The molecule has 0 saturated carbocycles. The lowest BCUT2D eigenvalue weighted by Gasteiger charge is -2.20. The molecule has 0 bridgehead atoms. The predicted molar refractivity (Wildman–Crippen MR) is 87.8 cm³/mol. The molecule has 0 aliphatic rings. The maximum atomic E-state index is 12.6. The fraction of sp³-hybridized carbons (Fsp3) is 0.500. The van der Waals surface area contributed by atoms with Crippen LogP contribution in [0.3, 0.4) is 0 Å². The fourth-order valence-electron chi connectivity index (χ4n) is 2.45. The molecule has 2 aromatic rings. The quantitative estimate of drug-likeness (QED) is 0.744. The highest BCUT2D eigenvalue weighted by Gasteiger charge is 2.22. The molecule has 2 rings (SSSR count). The first-order chi connectivity index (χ1) is 11.2. The summed E-state index contributed by atoms with van der Waals surface area (Å²) in [6, 6.07) is 9.44. The van der Waals surface area contributed by atoms with Crippen molar-refractivity contribution in [2.24, 2.45) is 0 Å². The number of likely N-dealkylation sites (N-methyl/N-ethyl adjacent to an activating group) is 1. The van der Waals surface area contributed by atoms with Crippen LogP contribution in [0.2, 0.25) is 0 Å². The molecule has 7 nitrogen and oxygen atoms in total. The average molecular weight is 316 g/mol. The molecule has 0 spiro atoms. The Balaban J connectivity index is 1.98. The van der Waals surface area contributed by atoms with Crippen LogP contribution in [0.15, 0.2) is 36.7 Å². The van der Waals surface area contributed by atoms with Gasteiger partial charge in [-0.3, -0.25) is 4.79 Å². The average Bonchev–Trinajstić information content (AvgIpc) is 3.11. The molecule has 0 saturated heterocycles. The van der Waals surface area contributed by atoms with Crippen LogP contribution in [-0.2, 0) is 11.2 Å². The van der Waals surface area contributed by atoms with Crippen LogP contribution in [0.25, 0.3) is 0 Å². The number of rotatable bonds is 9. The van der Waals surface area contributed by atoms with Crippen molar-refractivity contribution in [1.82, 2.24) is 30.4 Å². The smallest absolute Gasteiger partial charge is 0.245 e. The third-order valence-corrected chi connectivity index (χ3v) is 3.88. The molecule has 0 radical (unpaired) electrons. The molecule has 1 amide bonds. The minimum absolute atomic E-state index is 0.0618. The summed E-state index contributed by atoms with van der Waals surface area (Å²) in [5.41, 5.74) is 1.08. The molecule has 1 N–H and O–H groups in total. The summed E-state index contributed by atoms with van der Waals surface area (Å²) in [5.74, 6) is -0.0618. The normalized spacial score (nSPS) is 12.3. The predicted octanol–water partition coefficient (Wildman–Crippen LogP) is 0.915. The summed E-state index contributed by atoms with van der Waals surface area (Å²) < 4.78 is 1.51. The van der Waals surface area contributed by atoms with Gasteiger partial charge in [0.1, 0.15) is 12.4 Å². The third kappa shape index (κ3) is 5.14.